The maximum Gasteiger partial charge on any atom is 0.305 e. The fourth-order valence-corrected chi connectivity index (χ4v) is 7.04. The zero-order valence-electron chi connectivity index (χ0n) is 36.0. The van der Waals surface area contributed by atoms with Gasteiger partial charge in [0.05, 0.1) is 25.4 Å². The first-order chi connectivity index (χ1) is 26.5. The van der Waals surface area contributed by atoms with Crippen molar-refractivity contribution in [2.24, 2.45) is 0 Å². The molecule has 0 fully saturated rings. The first-order valence-corrected chi connectivity index (χ1v) is 23.6. The number of rotatable bonds is 43. The molecule has 6 nitrogen and oxygen atoms in total. The molecule has 0 aliphatic rings. The van der Waals surface area contributed by atoms with Crippen LogP contribution in [0.1, 0.15) is 245 Å². The summed E-state index contributed by atoms with van der Waals surface area (Å²) in [6.45, 7) is 4.83. The number of carbonyl (C=O) groups excluding carboxylic acids is 2. The maximum atomic E-state index is 12.4. The fraction of sp³-hybridized carbons (Fsp3) is 0.875. The third kappa shape index (κ3) is 40.0. The molecule has 0 aromatic rings. The summed E-state index contributed by atoms with van der Waals surface area (Å²) in [5, 5.41) is 22.9. The van der Waals surface area contributed by atoms with E-state index < -0.39 is 12.1 Å². The molecule has 0 saturated heterocycles. The van der Waals surface area contributed by atoms with Gasteiger partial charge in [-0.2, -0.15) is 0 Å². The van der Waals surface area contributed by atoms with Gasteiger partial charge in [-0.3, -0.25) is 9.59 Å². The van der Waals surface area contributed by atoms with E-state index in [4.69, 9.17) is 4.74 Å². The lowest BCUT2D eigenvalue weighted by Gasteiger charge is -2.20. The number of nitrogens with one attached hydrogen (secondary N) is 1. The molecule has 0 bridgehead atoms. The van der Waals surface area contributed by atoms with Crippen molar-refractivity contribution in [2.75, 3.05) is 13.2 Å². The minimum Gasteiger partial charge on any atom is -0.466 e. The van der Waals surface area contributed by atoms with Crippen LogP contribution in [0.5, 0.6) is 0 Å². The van der Waals surface area contributed by atoms with Crippen LogP contribution in [0.25, 0.3) is 0 Å². The number of aliphatic hydroxyl groups excluding tert-OH is 2. The van der Waals surface area contributed by atoms with Crippen molar-refractivity contribution in [3.8, 4) is 0 Å². The van der Waals surface area contributed by atoms with Gasteiger partial charge in [0.25, 0.3) is 0 Å². The highest BCUT2D eigenvalue weighted by Gasteiger charge is 2.18. The highest BCUT2D eigenvalue weighted by atomic mass is 16.5. The highest BCUT2D eigenvalue weighted by Crippen LogP contribution is 2.15. The standard InChI is InChI=1S/C48H91NO5/c1-3-5-7-9-11-13-15-16-19-22-26-30-34-38-42-48(53)54-43-39-35-31-27-23-20-17-18-21-25-29-33-37-41-47(52)49-45(44-50)46(51)40-36-32-28-24-14-12-10-8-6-4-2/h15-16,36,40,45-46,50-51H,3-14,17-35,37-39,41-44H2,1-2H3,(H,49,52)/b16-15-,40-36+. The number of carbonyl (C=O) groups is 2. The number of amides is 1. The van der Waals surface area contributed by atoms with Crippen molar-refractivity contribution in [3.63, 3.8) is 0 Å². The Labute approximate surface area is 335 Å². The van der Waals surface area contributed by atoms with Gasteiger partial charge in [0.15, 0.2) is 0 Å². The van der Waals surface area contributed by atoms with Crippen molar-refractivity contribution in [1.29, 1.82) is 0 Å². The summed E-state index contributed by atoms with van der Waals surface area (Å²) in [5.41, 5.74) is 0. The summed E-state index contributed by atoms with van der Waals surface area (Å²) in [7, 11) is 0. The predicted molar refractivity (Wildman–Crippen MR) is 232 cm³/mol. The molecule has 0 rings (SSSR count). The number of unbranched alkanes of at least 4 members (excludes halogenated alkanes) is 30. The van der Waals surface area contributed by atoms with Gasteiger partial charge >= 0.3 is 5.97 Å². The Morgan fingerprint density at radius 1 is 0.500 bits per heavy atom. The van der Waals surface area contributed by atoms with Crippen LogP contribution in [-0.4, -0.2) is 47.4 Å². The van der Waals surface area contributed by atoms with Crippen molar-refractivity contribution < 1.29 is 24.5 Å². The van der Waals surface area contributed by atoms with Crippen molar-refractivity contribution in [1.82, 2.24) is 5.32 Å². The van der Waals surface area contributed by atoms with Gasteiger partial charge in [0, 0.05) is 12.8 Å². The van der Waals surface area contributed by atoms with Crippen LogP contribution in [-0.2, 0) is 14.3 Å². The van der Waals surface area contributed by atoms with E-state index >= 15 is 0 Å². The van der Waals surface area contributed by atoms with E-state index in [0.717, 1.165) is 57.8 Å². The second-order valence-corrected chi connectivity index (χ2v) is 16.1. The molecule has 3 N–H and O–H groups in total. The number of aliphatic hydroxyl groups is 2. The summed E-state index contributed by atoms with van der Waals surface area (Å²) in [6, 6.07) is -0.635. The van der Waals surface area contributed by atoms with E-state index in [0.29, 0.717) is 19.4 Å². The van der Waals surface area contributed by atoms with Crippen LogP contribution < -0.4 is 5.32 Å². The summed E-state index contributed by atoms with van der Waals surface area (Å²) in [4.78, 5) is 24.4. The predicted octanol–water partition coefficient (Wildman–Crippen LogP) is 13.6. The highest BCUT2D eigenvalue weighted by molar-refractivity contribution is 5.76. The van der Waals surface area contributed by atoms with Crippen LogP contribution in [0.2, 0.25) is 0 Å². The molecule has 0 aliphatic heterocycles. The summed E-state index contributed by atoms with van der Waals surface area (Å²) in [5.74, 6) is -0.100. The van der Waals surface area contributed by atoms with Gasteiger partial charge in [-0.1, -0.05) is 199 Å². The molecule has 0 aromatic carbocycles. The fourth-order valence-electron chi connectivity index (χ4n) is 7.04. The summed E-state index contributed by atoms with van der Waals surface area (Å²) in [6.07, 6.45) is 50.2. The molecule has 0 aromatic heterocycles. The van der Waals surface area contributed by atoms with Crippen LogP contribution in [0.15, 0.2) is 24.3 Å². The second-order valence-electron chi connectivity index (χ2n) is 16.1. The Morgan fingerprint density at radius 3 is 1.31 bits per heavy atom. The van der Waals surface area contributed by atoms with E-state index in [-0.39, 0.29) is 18.5 Å². The Hall–Kier alpha value is -1.66. The number of esters is 1. The number of hydrogen-bond acceptors (Lipinski definition) is 5. The molecule has 318 valence electrons. The molecule has 6 heteroatoms. The van der Waals surface area contributed by atoms with E-state index in [2.05, 4.69) is 31.3 Å². The molecule has 2 atom stereocenters. The van der Waals surface area contributed by atoms with E-state index in [1.54, 1.807) is 6.08 Å². The van der Waals surface area contributed by atoms with Crippen LogP contribution in [0, 0.1) is 0 Å². The smallest absolute Gasteiger partial charge is 0.305 e. The lowest BCUT2D eigenvalue weighted by molar-refractivity contribution is -0.143. The van der Waals surface area contributed by atoms with Gasteiger partial charge in [-0.15, -0.1) is 0 Å². The van der Waals surface area contributed by atoms with Crippen LogP contribution in [0.4, 0.5) is 0 Å². The van der Waals surface area contributed by atoms with Gasteiger partial charge in [0.1, 0.15) is 0 Å². The lowest BCUT2D eigenvalue weighted by atomic mass is 10.0. The molecule has 54 heavy (non-hydrogen) atoms. The molecule has 0 heterocycles. The van der Waals surface area contributed by atoms with Crippen molar-refractivity contribution in [2.45, 2.75) is 257 Å². The van der Waals surface area contributed by atoms with Crippen molar-refractivity contribution >= 4 is 11.9 Å². The third-order valence-corrected chi connectivity index (χ3v) is 10.7. The zero-order chi connectivity index (χ0) is 39.4. The molecule has 2 unspecified atom stereocenters. The van der Waals surface area contributed by atoms with Crippen LogP contribution in [0.3, 0.4) is 0 Å². The number of hydrogen-bond donors (Lipinski definition) is 3. The summed E-state index contributed by atoms with van der Waals surface area (Å²) < 4.78 is 5.45. The van der Waals surface area contributed by atoms with Crippen LogP contribution >= 0.6 is 0 Å². The molecular formula is C48H91NO5. The normalized spacial score (nSPS) is 12.9. The molecule has 0 saturated carbocycles. The largest absolute Gasteiger partial charge is 0.466 e. The Balaban J connectivity index is 3.47. The molecule has 0 aliphatic carbocycles. The number of ether oxygens (including phenoxy) is 1. The van der Waals surface area contributed by atoms with E-state index in [1.807, 2.05) is 6.08 Å². The Kier molecular flexibility index (Phi) is 42.7. The van der Waals surface area contributed by atoms with Gasteiger partial charge in [0.2, 0.25) is 5.91 Å². The monoisotopic (exact) mass is 762 g/mol. The van der Waals surface area contributed by atoms with Crippen molar-refractivity contribution in [3.05, 3.63) is 24.3 Å². The molecule has 1 amide bonds. The van der Waals surface area contributed by atoms with Gasteiger partial charge in [-0.25, -0.2) is 0 Å². The minimum atomic E-state index is -0.850. The topological polar surface area (TPSA) is 95.9 Å². The summed E-state index contributed by atoms with van der Waals surface area (Å²) >= 11 is 0. The lowest BCUT2D eigenvalue weighted by Crippen LogP contribution is -2.45. The van der Waals surface area contributed by atoms with E-state index in [1.165, 1.54) is 161 Å². The quantitative estimate of drug-likeness (QED) is 0.0327. The average molecular weight is 762 g/mol. The van der Waals surface area contributed by atoms with Gasteiger partial charge < -0.3 is 20.3 Å². The van der Waals surface area contributed by atoms with E-state index in [9.17, 15) is 19.8 Å². The first kappa shape index (κ1) is 52.3. The minimum absolute atomic E-state index is 0.0163. The average Bonchev–Trinajstić information content (AvgIpc) is 3.17. The third-order valence-electron chi connectivity index (χ3n) is 10.7. The molecule has 0 radical (unpaired) electrons. The first-order valence-electron chi connectivity index (χ1n) is 23.6. The molecule has 0 spiro atoms. The Bertz CT molecular complexity index is 843. The number of allylic oxidation sites excluding steroid dienone is 3. The zero-order valence-corrected chi connectivity index (χ0v) is 36.0. The molecular weight excluding hydrogens is 671 g/mol. The van der Waals surface area contributed by atoms with Gasteiger partial charge in [-0.05, 0) is 57.8 Å². The Morgan fingerprint density at radius 2 is 0.870 bits per heavy atom. The second kappa shape index (κ2) is 44.1. The maximum absolute atomic E-state index is 12.4. The SMILES string of the molecule is CCCCCCC/C=C\CCCCCCCC(=O)OCCCCCCCCCCCCCCCC(=O)NC(CO)C(O)/C=C/CCCCCCCCCC.